The van der Waals surface area contributed by atoms with Crippen LogP contribution in [0, 0.1) is 0 Å². The molecule has 1 aromatic heterocycles. The number of amides is 2. The fourth-order valence-corrected chi connectivity index (χ4v) is 1.81. The Bertz CT molecular complexity index is 461. The highest BCUT2D eigenvalue weighted by Gasteiger charge is 2.28. The zero-order chi connectivity index (χ0) is 12.4. The standard InChI is InChI=1S/C11H14N4O2/c1-15-5-3-8(11(15)17)14-7-2-4-13-9(6-7)10(12)16/h2,4,6,8H,3,5H2,1H3,(H2,12,16)(H,13,14). The Labute approximate surface area is 98.8 Å². The summed E-state index contributed by atoms with van der Waals surface area (Å²) >= 11 is 0. The monoisotopic (exact) mass is 234 g/mol. The fourth-order valence-electron chi connectivity index (χ4n) is 1.81. The lowest BCUT2D eigenvalue weighted by Gasteiger charge is -2.13. The molecule has 90 valence electrons. The van der Waals surface area contributed by atoms with Gasteiger partial charge in [-0.05, 0) is 18.6 Å². The van der Waals surface area contributed by atoms with Crippen LogP contribution in [0.15, 0.2) is 18.3 Å². The number of anilines is 1. The van der Waals surface area contributed by atoms with E-state index in [2.05, 4.69) is 10.3 Å². The minimum atomic E-state index is -0.580. The molecule has 1 saturated heterocycles. The second-order valence-corrected chi connectivity index (χ2v) is 4.04. The summed E-state index contributed by atoms with van der Waals surface area (Å²) in [7, 11) is 1.77. The zero-order valence-electron chi connectivity index (χ0n) is 9.51. The number of carbonyl (C=O) groups excluding carboxylic acids is 2. The van der Waals surface area contributed by atoms with Crippen LogP contribution in [0.1, 0.15) is 16.9 Å². The van der Waals surface area contributed by atoms with E-state index in [1.165, 1.54) is 6.20 Å². The summed E-state index contributed by atoms with van der Waals surface area (Å²) in [5.41, 5.74) is 6.01. The van der Waals surface area contributed by atoms with Gasteiger partial charge in [0.1, 0.15) is 11.7 Å². The number of nitrogens with one attached hydrogen (secondary N) is 1. The van der Waals surface area contributed by atoms with Crippen LogP contribution >= 0.6 is 0 Å². The topological polar surface area (TPSA) is 88.3 Å². The van der Waals surface area contributed by atoms with Crippen molar-refractivity contribution < 1.29 is 9.59 Å². The van der Waals surface area contributed by atoms with Gasteiger partial charge in [0.2, 0.25) is 5.91 Å². The Morgan fingerprint density at radius 1 is 1.65 bits per heavy atom. The van der Waals surface area contributed by atoms with E-state index in [4.69, 9.17) is 5.73 Å². The van der Waals surface area contributed by atoms with Crippen molar-refractivity contribution in [1.29, 1.82) is 0 Å². The molecule has 1 unspecified atom stereocenters. The second-order valence-electron chi connectivity index (χ2n) is 4.04. The van der Waals surface area contributed by atoms with Gasteiger partial charge in [-0.15, -0.1) is 0 Å². The van der Waals surface area contributed by atoms with E-state index in [0.717, 1.165) is 13.0 Å². The van der Waals surface area contributed by atoms with Crippen molar-refractivity contribution in [2.24, 2.45) is 5.73 Å². The number of hydrogen-bond acceptors (Lipinski definition) is 4. The first-order valence-electron chi connectivity index (χ1n) is 5.35. The molecule has 6 nitrogen and oxygen atoms in total. The van der Waals surface area contributed by atoms with E-state index in [1.807, 2.05) is 0 Å². The minimum Gasteiger partial charge on any atom is -0.374 e. The first kappa shape index (κ1) is 11.4. The number of pyridine rings is 1. The number of nitrogens with zero attached hydrogens (tertiary/aromatic N) is 2. The molecule has 0 bridgehead atoms. The van der Waals surface area contributed by atoms with Gasteiger partial charge in [-0.3, -0.25) is 14.6 Å². The largest absolute Gasteiger partial charge is 0.374 e. The van der Waals surface area contributed by atoms with Crippen molar-refractivity contribution in [2.45, 2.75) is 12.5 Å². The molecule has 1 fully saturated rings. The Kier molecular flexibility index (Phi) is 2.95. The normalized spacial score (nSPS) is 19.5. The molecule has 1 aliphatic rings. The second kappa shape index (κ2) is 4.40. The number of likely N-dealkylation sites (tertiary alicyclic amines) is 1. The summed E-state index contributed by atoms with van der Waals surface area (Å²) in [6, 6.07) is 3.02. The van der Waals surface area contributed by atoms with Gasteiger partial charge in [0, 0.05) is 25.5 Å². The maximum atomic E-state index is 11.7. The highest BCUT2D eigenvalue weighted by atomic mass is 16.2. The molecule has 1 atom stereocenters. The molecular weight excluding hydrogens is 220 g/mol. The predicted octanol–water partition coefficient (Wildman–Crippen LogP) is -0.177. The third kappa shape index (κ3) is 2.35. The number of nitrogens with two attached hydrogens (primary N) is 1. The molecule has 2 heterocycles. The minimum absolute atomic E-state index is 0.0578. The van der Waals surface area contributed by atoms with Crippen LogP contribution in [0.25, 0.3) is 0 Å². The molecule has 0 aliphatic carbocycles. The molecule has 0 radical (unpaired) electrons. The van der Waals surface area contributed by atoms with Gasteiger partial charge in [-0.2, -0.15) is 0 Å². The highest BCUT2D eigenvalue weighted by molar-refractivity contribution is 5.92. The number of primary amides is 1. The Balaban J connectivity index is 2.11. The molecule has 0 aromatic carbocycles. The molecule has 0 saturated carbocycles. The summed E-state index contributed by atoms with van der Waals surface area (Å²) in [5, 5.41) is 3.08. The third-order valence-corrected chi connectivity index (χ3v) is 2.78. The van der Waals surface area contributed by atoms with Gasteiger partial charge in [0.05, 0.1) is 0 Å². The van der Waals surface area contributed by atoms with Crippen molar-refractivity contribution in [2.75, 3.05) is 18.9 Å². The first-order valence-corrected chi connectivity index (χ1v) is 5.35. The van der Waals surface area contributed by atoms with Crippen LogP contribution in [-0.2, 0) is 4.79 Å². The molecule has 1 aliphatic heterocycles. The molecule has 3 N–H and O–H groups in total. The predicted molar refractivity (Wildman–Crippen MR) is 62.4 cm³/mol. The maximum absolute atomic E-state index is 11.7. The van der Waals surface area contributed by atoms with Crippen molar-refractivity contribution in [3.63, 3.8) is 0 Å². The lowest BCUT2D eigenvalue weighted by atomic mass is 10.2. The van der Waals surface area contributed by atoms with Gasteiger partial charge >= 0.3 is 0 Å². The molecule has 17 heavy (non-hydrogen) atoms. The highest BCUT2D eigenvalue weighted by Crippen LogP contribution is 2.16. The van der Waals surface area contributed by atoms with Crippen LogP contribution in [-0.4, -0.2) is 41.3 Å². The Morgan fingerprint density at radius 2 is 2.41 bits per heavy atom. The fraction of sp³-hybridized carbons (Fsp3) is 0.364. The van der Waals surface area contributed by atoms with Crippen LogP contribution in [0.5, 0.6) is 0 Å². The van der Waals surface area contributed by atoms with E-state index >= 15 is 0 Å². The molecule has 6 heteroatoms. The summed E-state index contributed by atoms with van der Waals surface area (Å²) in [4.78, 5) is 28.2. The average molecular weight is 234 g/mol. The van der Waals surface area contributed by atoms with Gasteiger partial charge in [0.25, 0.3) is 5.91 Å². The molecular formula is C11H14N4O2. The number of rotatable bonds is 3. The molecule has 2 rings (SSSR count). The van der Waals surface area contributed by atoms with Gasteiger partial charge in [-0.25, -0.2) is 0 Å². The Morgan fingerprint density at radius 3 is 3.00 bits per heavy atom. The van der Waals surface area contributed by atoms with E-state index in [9.17, 15) is 9.59 Å². The number of aromatic nitrogens is 1. The van der Waals surface area contributed by atoms with E-state index < -0.39 is 5.91 Å². The van der Waals surface area contributed by atoms with Crippen LogP contribution in [0.2, 0.25) is 0 Å². The first-order chi connectivity index (χ1) is 8.08. The summed E-state index contributed by atoms with van der Waals surface area (Å²) < 4.78 is 0. The smallest absolute Gasteiger partial charge is 0.267 e. The SMILES string of the molecule is CN1CCC(Nc2ccnc(C(N)=O)c2)C1=O. The van der Waals surface area contributed by atoms with Crippen molar-refractivity contribution in [1.82, 2.24) is 9.88 Å². The molecule has 2 amide bonds. The van der Waals surface area contributed by atoms with Gasteiger partial charge in [-0.1, -0.05) is 0 Å². The number of likely N-dealkylation sites (N-methyl/N-ethyl adjacent to an activating group) is 1. The molecule has 1 aromatic rings. The average Bonchev–Trinajstić information content (AvgIpc) is 2.61. The van der Waals surface area contributed by atoms with Gasteiger partial charge in [0.15, 0.2) is 0 Å². The zero-order valence-corrected chi connectivity index (χ0v) is 9.51. The Hall–Kier alpha value is -2.11. The van der Waals surface area contributed by atoms with Crippen molar-refractivity contribution >= 4 is 17.5 Å². The van der Waals surface area contributed by atoms with Crippen molar-refractivity contribution in [3.8, 4) is 0 Å². The van der Waals surface area contributed by atoms with Crippen LogP contribution < -0.4 is 11.1 Å². The maximum Gasteiger partial charge on any atom is 0.267 e. The van der Waals surface area contributed by atoms with Gasteiger partial charge < -0.3 is 16.0 Å². The number of hydrogen-bond donors (Lipinski definition) is 2. The third-order valence-electron chi connectivity index (χ3n) is 2.78. The summed E-state index contributed by atoms with van der Waals surface area (Å²) in [6.07, 6.45) is 2.25. The molecule has 0 spiro atoms. The number of carbonyl (C=O) groups is 2. The lowest BCUT2D eigenvalue weighted by Crippen LogP contribution is -2.31. The van der Waals surface area contributed by atoms with E-state index in [1.54, 1.807) is 24.1 Å². The summed E-state index contributed by atoms with van der Waals surface area (Å²) in [5.74, 6) is -0.522. The lowest BCUT2D eigenvalue weighted by molar-refractivity contribution is -0.127. The quantitative estimate of drug-likeness (QED) is 0.759. The van der Waals surface area contributed by atoms with Crippen molar-refractivity contribution in [3.05, 3.63) is 24.0 Å². The van der Waals surface area contributed by atoms with E-state index in [0.29, 0.717) is 5.69 Å². The van der Waals surface area contributed by atoms with Crippen LogP contribution in [0.4, 0.5) is 5.69 Å². The van der Waals surface area contributed by atoms with Crippen LogP contribution in [0.3, 0.4) is 0 Å². The summed E-state index contributed by atoms with van der Waals surface area (Å²) in [6.45, 7) is 0.740. The van der Waals surface area contributed by atoms with E-state index in [-0.39, 0.29) is 17.6 Å².